The van der Waals surface area contributed by atoms with Gasteiger partial charge < -0.3 is 9.80 Å². The van der Waals surface area contributed by atoms with Gasteiger partial charge in [-0.15, -0.1) is 11.8 Å². The number of anilines is 1. The molecule has 1 fully saturated rings. The number of amides is 1. The molecule has 170 valence electrons. The van der Waals surface area contributed by atoms with Gasteiger partial charge in [-0.2, -0.15) is 13.2 Å². The summed E-state index contributed by atoms with van der Waals surface area (Å²) in [6, 6.07) is 8.89. The predicted molar refractivity (Wildman–Crippen MR) is 116 cm³/mol. The molecular formula is C22H22F3N3O3S. The molecule has 6 nitrogen and oxygen atoms in total. The highest BCUT2D eigenvalue weighted by atomic mass is 32.2. The lowest BCUT2D eigenvalue weighted by Gasteiger charge is -2.35. The number of rotatable bonds is 5. The normalized spacial score (nSPS) is 16.2. The van der Waals surface area contributed by atoms with Crippen molar-refractivity contribution in [2.45, 2.75) is 30.3 Å². The van der Waals surface area contributed by atoms with Gasteiger partial charge >= 0.3 is 6.18 Å². The zero-order valence-electron chi connectivity index (χ0n) is 17.2. The number of hydrogen-bond donors (Lipinski definition) is 0. The number of benzene rings is 2. The van der Waals surface area contributed by atoms with Crippen LogP contribution < -0.4 is 4.90 Å². The molecule has 0 bridgehead atoms. The van der Waals surface area contributed by atoms with Crippen molar-refractivity contribution in [1.82, 2.24) is 4.90 Å². The van der Waals surface area contributed by atoms with E-state index in [0.717, 1.165) is 29.9 Å². The van der Waals surface area contributed by atoms with E-state index in [1.54, 1.807) is 9.80 Å². The number of aryl methyl sites for hydroxylation is 2. The number of piperazine rings is 1. The molecule has 2 aromatic carbocycles. The van der Waals surface area contributed by atoms with Gasteiger partial charge in [0.05, 0.1) is 16.2 Å². The fourth-order valence-corrected chi connectivity index (χ4v) is 5.05. The van der Waals surface area contributed by atoms with Gasteiger partial charge in [0.1, 0.15) is 5.69 Å². The molecule has 0 saturated carbocycles. The number of carbonyl (C=O) groups excluding carboxylic acids is 1. The Bertz CT molecular complexity index is 1040. The summed E-state index contributed by atoms with van der Waals surface area (Å²) in [6.07, 6.45) is -1.29. The second-order valence-electron chi connectivity index (χ2n) is 7.90. The fourth-order valence-electron chi connectivity index (χ4n) is 4.18. The van der Waals surface area contributed by atoms with Crippen molar-refractivity contribution >= 4 is 29.0 Å². The number of nitro benzene ring substituents is 1. The van der Waals surface area contributed by atoms with E-state index in [-0.39, 0.29) is 11.6 Å². The largest absolute Gasteiger partial charge is 0.416 e. The summed E-state index contributed by atoms with van der Waals surface area (Å²) in [7, 11) is 0. The first-order chi connectivity index (χ1) is 15.2. The van der Waals surface area contributed by atoms with E-state index in [1.165, 1.54) is 29.3 Å². The van der Waals surface area contributed by atoms with E-state index in [9.17, 15) is 28.1 Å². The van der Waals surface area contributed by atoms with Gasteiger partial charge in [-0.25, -0.2) is 0 Å². The molecule has 0 N–H and O–H groups in total. The van der Waals surface area contributed by atoms with Gasteiger partial charge in [0.25, 0.3) is 5.69 Å². The average Bonchev–Trinajstić information content (AvgIpc) is 3.24. The third-order valence-electron chi connectivity index (χ3n) is 5.90. The molecule has 10 heteroatoms. The Morgan fingerprint density at radius 1 is 1.03 bits per heavy atom. The lowest BCUT2D eigenvalue weighted by molar-refractivity contribution is -0.384. The topological polar surface area (TPSA) is 66.7 Å². The number of nitrogens with zero attached hydrogens (tertiary/aromatic N) is 3. The minimum absolute atomic E-state index is 0.0166. The van der Waals surface area contributed by atoms with Crippen LogP contribution in [0.3, 0.4) is 0 Å². The number of nitro groups is 1. The summed E-state index contributed by atoms with van der Waals surface area (Å²) in [5.74, 6) is 0.288. The smallest absolute Gasteiger partial charge is 0.362 e. The minimum Gasteiger partial charge on any atom is -0.362 e. The van der Waals surface area contributed by atoms with Gasteiger partial charge in [0, 0.05) is 37.1 Å². The number of alkyl halides is 3. The van der Waals surface area contributed by atoms with Gasteiger partial charge in [0.2, 0.25) is 5.91 Å². The molecule has 2 aromatic rings. The Morgan fingerprint density at radius 2 is 1.75 bits per heavy atom. The van der Waals surface area contributed by atoms with Crippen LogP contribution in [0.2, 0.25) is 0 Å². The van der Waals surface area contributed by atoms with Gasteiger partial charge in [-0.05, 0) is 54.7 Å². The molecule has 1 saturated heterocycles. The molecule has 1 heterocycles. The SMILES string of the molecule is O=C(CSc1ccc2c(c1)CCC2)N1CCN(c2ccc(C(F)(F)F)cc2[N+](=O)[O-])CC1. The van der Waals surface area contributed by atoms with Crippen LogP contribution in [0.4, 0.5) is 24.5 Å². The van der Waals surface area contributed by atoms with Crippen LogP contribution in [0.5, 0.6) is 0 Å². The highest BCUT2D eigenvalue weighted by molar-refractivity contribution is 8.00. The zero-order chi connectivity index (χ0) is 22.9. The number of hydrogen-bond acceptors (Lipinski definition) is 5. The molecule has 0 spiro atoms. The van der Waals surface area contributed by atoms with Crippen molar-refractivity contribution in [2.24, 2.45) is 0 Å². The summed E-state index contributed by atoms with van der Waals surface area (Å²) < 4.78 is 38.8. The predicted octanol–water partition coefficient (Wildman–Crippen LogP) is 4.54. The second-order valence-corrected chi connectivity index (χ2v) is 8.95. The Morgan fingerprint density at radius 3 is 2.44 bits per heavy atom. The maximum Gasteiger partial charge on any atom is 0.416 e. The monoisotopic (exact) mass is 465 g/mol. The Balaban J connectivity index is 1.35. The molecule has 0 radical (unpaired) electrons. The summed E-state index contributed by atoms with van der Waals surface area (Å²) in [5, 5.41) is 11.4. The van der Waals surface area contributed by atoms with E-state index in [2.05, 4.69) is 12.1 Å². The van der Waals surface area contributed by atoms with Crippen molar-refractivity contribution in [2.75, 3.05) is 36.8 Å². The van der Waals surface area contributed by atoms with Crippen molar-refractivity contribution < 1.29 is 22.9 Å². The second kappa shape index (κ2) is 9.01. The van der Waals surface area contributed by atoms with Crippen LogP contribution in [0.25, 0.3) is 0 Å². The summed E-state index contributed by atoms with van der Waals surface area (Å²) >= 11 is 1.49. The zero-order valence-corrected chi connectivity index (χ0v) is 18.0. The van der Waals surface area contributed by atoms with Crippen molar-refractivity contribution in [1.29, 1.82) is 0 Å². The first kappa shape index (κ1) is 22.4. The third-order valence-corrected chi connectivity index (χ3v) is 6.88. The number of halogens is 3. The van der Waals surface area contributed by atoms with Gasteiger partial charge in [-0.3, -0.25) is 14.9 Å². The van der Waals surface area contributed by atoms with Crippen LogP contribution >= 0.6 is 11.8 Å². The quantitative estimate of drug-likeness (QED) is 0.368. The van der Waals surface area contributed by atoms with Crippen molar-refractivity contribution in [3.8, 4) is 0 Å². The number of thioether (sulfide) groups is 1. The van der Waals surface area contributed by atoms with E-state index < -0.39 is 22.4 Å². The molecule has 1 amide bonds. The molecule has 0 unspecified atom stereocenters. The van der Waals surface area contributed by atoms with Crippen molar-refractivity contribution in [3.63, 3.8) is 0 Å². The van der Waals surface area contributed by atoms with Crippen molar-refractivity contribution in [3.05, 3.63) is 63.2 Å². The van der Waals surface area contributed by atoms with E-state index in [1.807, 2.05) is 6.07 Å². The Hall–Kier alpha value is -2.75. The van der Waals surface area contributed by atoms with E-state index in [4.69, 9.17) is 0 Å². The molecular weight excluding hydrogens is 443 g/mol. The fraction of sp³-hybridized carbons (Fsp3) is 0.409. The minimum atomic E-state index is -4.65. The van der Waals surface area contributed by atoms with Crippen LogP contribution in [0, 0.1) is 10.1 Å². The summed E-state index contributed by atoms with van der Waals surface area (Å²) in [6.45, 7) is 1.37. The highest BCUT2D eigenvalue weighted by Crippen LogP contribution is 2.37. The molecule has 2 aliphatic rings. The van der Waals surface area contributed by atoms with Crippen LogP contribution in [0.1, 0.15) is 23.1 Å². The summed E-state index contributed by atoms with van der Waals surface area (Å²) in [5.41, 5.74) is 1.25. The molecule has 0 atom stereocenters. The van der Waals surface area contributed by atoms with Gasteiger partial charge in [-0.1, -0.05) is 6.07 Å². The molecule has 1 aliphatic heterocycles. The number of carbonyl (C=O) groups is 1. The van der Waals surface area contributed by atoms with Gasteiger partial charge in [0.15, 0.2) is 0 Å². The third kappa shape index (κ3) is 4.85. The standard InChI is InChI=1S/C22H22F3N3O3S/c23-22(24,25)17-5-7-19(20(13-17)28(30)31)26-8-10-27(11-9-26)21(29)14-32-18-6-4-15-2-1-3-16(15)12-18/h4-7,12-13H,1-3,8-11,14H2. The van der Waals surface area contributed by atoms with E-state index in [0.29, 0.717) is 38.0 Å². The van der Waals surface area contributed by atoms with Crippen LogP contribution in [-0.4, -0.2) is 47.7 Å². The lowest BCUT2D eigenvalue weighted by atomic mass is 10.1. The highest BCUT2D eigenvalue weighted by Gasteiger charge is 2.34. The summed E-state index contributed by atoms with van der Waals surface area (Å²) in [4.78, 5) is 27.6. The molecule has 0 aromatic heterocycles. The molecule has 1 aliphatic carbocycles. The van der Waals surface area contributed by atoms with Crippen LogP contribution in [-0.2, 0) is 23.8 Å². The Kier molecular flexibility index (Phi) is 6.32. The molecule has 32 heavy (non-hydrogen) atoms. The Labute approximate surface area is 187 Å². The maximum absolute atomic E-state index is 12.9. The van der Waals surface area contributed by atoms with E-state index >= 15 is 0 Å². The lowest BCUT2D eigenvalue weighted by Crippen LogP contribution is -2.49. The van der Waals surface area contributed by atoms with Crippen LogP contribution in [0.15, 0.2) is 41.3 Å². The average molecular weight is 465 g/mol. The number of fused-ring (bicyclic) bond motifs is 1. The first-order valence-corrected chi connectivity index (χ1v) is 11.3. The molecule has 4 rings (SSSR count). The maximum atomic E-state index is 12.9. The first-order valence-electron chi connectivity index (χ1n) is 10.4.